The van der Waals surface area contributed by atoms with Crippen LogP contribution in [0, 0.1) is 0 Å². The van der Waals surface area contributed by atoms with E-state index in [9.17, 15) is 18.3 Å². The van der Waals surface area contributed by atoms with Crippen LogP contribution in [0.25, 0.3) is 11.3 Å². The second kappa shape index (κ2) is 7.65. The number of anilines is 1. The molecule has 0 spiro atoms. The standard InChI is InChI=1S/C19H17NO7S/c1-12(21)26-18-16(22)17(14-10-6-7-11-15(14)25-2)27-19(18)20-28(23,24)13-8-4-3-5-9-13/h3-11,20,22H,1-2H3. The first-order valence-electron chi connectivity index (χ1n) is 8.09. The molecule has 0 atom stereocenters. The van der Waals surface area contributed by atoms with Gasteiger partial charge in [0.25, 0.3) is 15.9 Å². The van der Waals surface area contributed by atoms with Gasteiger partial charge in [0.1, 0.15) is 5.75 Å². The summed E-state index contributed by atoms with van der Waals surface area (Å²) in [6, 6.07) is 14.2. The van der Waals surface area contributed by atoms with E-state index in [2.05, 4.69) is 4.72 Å². The first-order valence-corrected chi connectivity index (χ1v) is 9.57. The van der Waals surface area contributed by atoms with Crippen LogP contribution in [0.15, 0.2) is 63.9 Å². The Labute approximate surface area is 161 Å². The van der Waals surface area contributed by atoms with Gasteiger partial charge >= 0.3 is 5.97 Å². The summed E-state index contributed by atoms with van der Waals surface area (Å²) in [6.45, 7) is 1.12. The second-order valence-electron chi connectivity index (χ2n) is 5.65. The van der Waals surface area contributed by atoms with Crippen molar-refractivity contribution >= 4 is 21.9 Å². The molecule has 0 aliphatic heterocycles. The molecule has 28 heavy (non-hydrogen) atoms. The number of nitrogens with one attached hydrogen (secondary N) is 1. The van der Waals surface area contributed by atoms with E-state index in [0.29, 0.717) is 11.3 Å². The normalized spacial score (nSPS) is 11.1. The van der Waals surface area contributed by atoms with E-state index < -0.39 is 33.4 Å². The number of para-hydroxylation sites is 1. The Balaban J connectivity index is 2.12. The predicted octanol–water partition coefficient (Wildman–Crippen LogP) is 3.39. The molecule has 0 radical (unpaired) electrons. The number of esters is 1. The molecule has 8 nitrogen and oxygen atoms in total. The molecule has 0 unspecified atom stereocenters. The first-order chi connectivity index (χ1) is 13.3. The van der Waals surface area contributed by atoms with E-state index in [1.165, 1.54) is 19.2 Å². The van der Waals surface area contributed by atoms with E-state index >= 15 is 0 Å². The Kier molecular flexibility index (Phi) is 5.27. The molecule has 2 aromatic carbocycles. The van der Waals surface area contributed by atoms with Crippen LogP contribution >= 0.6 is 0 Å². The van der Waals surface area contributed by atoms with Gasteiger partial charge in [0.15, 0.2) is 5.76 Å². The minimum Gasteiger partial charge on any atom is -0.502 e. The molecule has 3 aromatic rings. The number of rotatable bonds is 6. The second-order valence-corrected chi connectivity index (χ2v) is 7.33. The fourth-order valence-electron chi connectivity index (χ4n) is 2.51. The summed E-state index contributed by atoms with van der Waals surface area (Å²) in [4.78, 5) is 11.4. The third-order valence-corrected chi connectivity index (χ3v) is 5.07. The van der Waals surface area contributed by atoms with Gasteiger partial charge in [-0.1, -0.05) is 30.3 Å². The van der Waals surface area contributed by atoms with Gasteiger partial charge in [-0.2, -0.15) is 0 Å². The molecular formula is C19H17NO7S. The molecule has 0 aliphatic rings. The summed E-state index contributed by atoms with van der Waals surface area (Å²) in [6.07, 6.45) is 0. The molecule has 0 saturated carbocycles. The van der Waals surface area contributed by atoms with Gasteiger partial charge < -0.3 is 19.0 Å². The third kappa shape index (κ3) is 3.79. The summed E-state index contributed by atoms with van der Waals surface area (Å²) in [7, 11) is -2.61. The molecule has 0 fully saturated rings. The number of ether oxygens (including phenoxy) is 2. The lowest BCUT2D eigenvalue weighted by atomic mass is 10.1. The van der Waals surface area contributed by atoms with Crippen molar-refractivity contribution in [3.05, 3.63) is 54.6 Å². The molecule has 0 bridgehead atoms. The number of aromatic hydroxyl groups is 1. The zero-order chi connectivity index (χ0) is 20.3. The Morgan fingerprint density at radius 1 is 1.07 bits per heavy atom. The van der Waals surface area contributed by atoms with Crippen molar-refractivity contribution in [2.75, 3.05) is 11.8 Å². The highest BCUT2D eigenvalue weighted by molar-refractivity contribution is 7.92. The van der Waals surface area contributed by atoms with Crippen LogP contribution in [0.4, 0.5) is 5.88 Å². The van der Waals surface area contributed by atoms with Crippen LogP contribution in [0.3, 0.4) is 0 Å². The number of benzene rings is 2. The zero-order valence-corrected chi connectivity index (χ0v) is 15.8. The van der Waals surface area contributed by atoms with Gasteiger partial charge in [0.2, 0.25) is 11.5 Å². The minimum atomic E-state index is -4.05. The Morgan fingerprint density at radius 2 is 1.71 bits per heavy atom. The van der Waals surface area contributed by atoms with Crippen LogP contribution in [-0.2, 0) is 14.8 Å². The molecule has 3 rings (SSSR count). The average molecular weight is 403 g/mol. The van der Waals surface area contributed by atoms with Crippen LogP contribution in [0.5, 0.6) is 17.2 Å². The predicted molar refractivity (Wildman–Crippen MR) is 101 cm³/mol. The highest BCUT2D eigenvalue weighted by Crippen LogP contribution is 2.48. The molecule has 0 saturated heterocycles. The Bertz CT molecular complexity index is 1100. The van der Waals surface area contributed by atoms with Gasteiger partial charge in [-0.05, 0) is 24.3 Å². The van der Waals surface area contributed by atoms with Crippen molar-refractivity contribution in [1.29, 1.82) is 0 Å². The molecule has 2 N–H and O–H groups in total. The van der Waals surface area contributed by atoms with Crippen molar-refractivity contribution in [1.82, 2.24) is 0 Å². The number of methoxy groups -OCH3 is 1. The highest BCUT2D eigenvalue weighted by atomic mass is 32.2. The van der Waals surface area contributed by atoms with Crippen LogP contribution < -0.4 is 14.2 Å². The molecule has 1 aromatic heterocycles. The maximum atomic E-state index is 12.6. The molecule has 0 aliphatic carbocycles. The zero-order valence-electron chi connectivity index (χ0n) is 15.0. The van der Waals surface area contributed by atoms with E-state index in [0.717, 1.165) is 6.92 Å². The molecule has 9 heteroatoms. The lowest BCUT2D eigenvalue weighted by Gasteiger charge is -2.07. The Morgan fingerprint density at radius 3 is 2.36 bits per heavy atom. The number of furan rings is 1. The van der Waals surface area contributed by atoms with Crippen LogP contribution in [0.2, 0.25) is 0 Å². The van der Waals surface area contributed by atoms with Gasteiger partial charge in [0.05, 0.1) is 17.6 Å². The van der Waals surface area contributed by atoms with Crippen molar-refractivity contribution < 1.29 is 32.2 Å². The summed E-state index contributed by atoms with van der Waals surface area (Å²) in [5, 5.41) is 10.5. The van der Waals surface area contributed by atoms with E-state index in [1.807, 2.05) is 0 Å². The molecular weight excluding hydrogens is 386 g/mol. The quantitative estimate of drug-likeness (QED) is 0.606. The summed E-state index contributed by atoms with van der Waals surface area (Å²) in [5.41, 5.74) is 0.348. The summed E-state index contributed by atoms with van der Waals surface area (Å²) in [5.74, 6) is -1.91. The summed E-state index contributed by atoms with van der Waals surface area (Å²) >= 11 is 0. The van der Waals surface area contributed by atoms with E-state index in [-0.39, 0.29) is 10.7 Å². The van der Waals surface area contributed by atoms with Gasteiger partial charge in [0, 0.05) is 6.92 Å². The molecule has 1 heterocycles. The first kappa shape index (κ1) is 19.3. The molecule has 0 amide bonds. The summed E-state index contributed by atoms with van der Waals surface area (Å²) < 4.78 is 43.2. The monoisotopic (exact) mass is 403 g/mol. The smallest absolute Gasteiger partial charge is 0.308 e. The van der Waals surface area contributed by atoms with Gasteiger partial charge in [-0.25, -0.2) is 13.1 Å². The fraction of sp³-hybridized carbons (Fsp3) is 0.105. The van der Waals surface area contributed by atoms with Crippen LogP contribution in [-0.4, -0.2) is 26.6 Å². The minimum absolute atomic E-state index is 0.0292. The van der Waals surface area contributed by atoms with Crippen LogP contribution in [0.1, 0.15) is 6.92 Å². The number of sulfonamides is 1. The van der Waals surface area contributed by atoms with E-state index in [4.69, 9.17) is 13.9 Å². The highest BCUT2D eigenvalue weighted by Gasteiger charge is 2.29. The topological polar surface area (TPSA) is 115 Å². The third-order valence-electron chi connectivity index (χ3n) is 3.72. The number of carbonyl (C=O) groups excluding carboxylic acids is 1. The SMILES string of the molecule is COc1ccccc1-c1oc(NS(=O)(=O)c2ccccc2)c(OC(C)=O)c1O. The van der Waals surface area contributed by atoms with Crippen molar-refractivity contribution in [3.63, 3.8) is 0 Å². The maximum absolute atomic E-state index is 12.6. The average Bonchev–Trinajstić information content (AvgIpc) is 2.97. The number of carbonyl (C=O) groups is 1. The molecule has 146 valence electrons. The maximum Gasteiger partial charge on any atom is 0.308 e. The van der Waals surface area contributed by atoms with Crippen molar-refractivity contribution in [3.8, 4) is 28.6 Å². The van der Waals surface area contributed by atoms with Crippen molar-refractivity contribution in [2.24, 2.45) is 0 Å². The van der Waals surface area contributed by atoms with Crippen molar-refractivity contribution in [2.45, 2.75) is 11.8 Å². The van der Waals surface area contributed by atoms with Gasteiger partial charge in [-0.15, -0.1) is 0 Å². The Hall–Kier alpha value is -3.46. The van der Waals surface area contributed by atoms with E-state index in [1.54, 1.807) is 42.5 Å². The lowest BCUT2D eigenvalue weighted by molar-refractivity contribution is -0.131. The van der Waals surface area contributed by atoms with Gasteiger partial charge in [-0.3, -0.25) is 4.79 Å². The lowest BCUT2D eigenvalue weighted by Crippen LogP contribution is -2.13. The number of hydrogen-bond donors (Lipinski definition) is 2. The number of hydrogen-bond acceptors (Lipinski definition) is 7. The largest absolute Gasteiger partial charge is 0.502 e. The fourth-order valence-corrected chi connectivity index (χ4v) is 3.52.